The van der Waals surface area contributed by atoms with Crippen molar-refractivity contribution in [2.75, 3.05) is 13.2 Å². The summed E-state index contributed by atoms with van der Waals surface area (Å²) >= 11 is 0. The highest BCUT2D eigenvalue weighted by Crippen LogP contribution is 2.31. The molecule has 1 aromatic carbocycles. The van der Waals surface area contributed by atoms with Crippen molar-refractivity contribution in [3.8, 4) is 0 Å². The second kappa shape index (κ2) is 7.81. The Bertz CT molecular complexity index is 483. The molecule has 1 aliphatic heterocycles. The van der Waals surface area contributed by atoms with Crippen molar-refractivity contribution in [2.45, 2.75) is 31.5 Å². The van der Waals surface area contributed by atoms with Crippen LogP contribution in [0.15, 0.2) is 42.2 Å². The summed E-state index contributed by atoms with van der Waals surface area (Å²) in [6.45, 7) is 0.571. The van der Waals surface area contributed by atoms with Crippen LogP contribution in [-0.2, 0) is 14.3 Å². The Morgan fingerprint density at radius 1 is 1.29 bits per heavy atom. The Hall–Kier alpha value is -1.85. The summed E-state index contributed by atoms with van der Waals surface area (Å²) in [7, 11) is 0. The predicted molar refractivity (Wildman–Crippen MR) is 76.7 cm³/mol. The number of hydrogen-bond acceptors (Lipinski definition) is 4. The lowest BCUT2D eigenvalue weighted by Crippen LogP contribution is -2.27. The molecule has 1 heterocycles. The van der Waals surface area contributed by atoms with Crippen LogP contribution < -0.4 is 0 Å². The van der Waals surface area contributed by atoms with Crippen molar-refractivity contribution in [2.24, 2.45) is 0 Å². The number of carbonyl (C=O) groups is 1. The van der Waals surface area contributed by atoms with Crippen LogP contribution in [0.1, 0.15) is 30.7 Å². The number of rotatable bonds is 7. The van der Waals surface area contributed by atoms with E-state index < -0.39 is 12.3 Å². The fourth-order valence-corrected chi connectivity index (χ4v) is 2.27. The van der Waals surface area contributed by atoms with Gasteiger partial charge in [-0.15, -0.1) is 0 Å². The molecule has 0 aromatic heterocycles. The van der Waals surface area contributed by atoms with Gasteiger partial charge in [0.15, 0.2) is 0 Å². The molecule has 0 radical (unpaired) electrons. The fourth-order valence-electron chi connectivity index (χ4n) is 2.27. The molecular formula is C16H20O5. The maximum absolute atomic E-state index is 11.2. The number of carboxylic acid groups (broad SMARTS) is 1. The quantitative estimate of drug-likeness (QED) is 0.754. The fraction of sp³-hybridized carbons (Fsp3) is 0.438. The van der Waals surface area contributed by atoms with Gasteiger partial charge in [0.05, 0.1) is 6.61 Å². The molecule has 1 aliphatic rings. The number of aliphatic hydroxyl groups is 1. The van der Waals surface area contributed by atoms with Gasteiger partial charge in [-0.25, -0.2) is 4.79 Å². The van der Waals surface area contributed by atoms with E-state index in [0.717, 1.165) is 12.0 Å². The van der Waals surface area contributed by atoms with Crippen molar-refractivity contribution in [3.63, 3.8) is 0 Å². The van der Waals surface area contributed by atoms with Crippen LogP contribution in [0.5, 0.6) is 0 Å². The van der Waals surface area contributed by atoms with E-state index in [1.54, 1.807) is 6.08 Å². The van der Waals surface area contributed by atoms with E-state index in [4.69, 9.17) is 19.7 Å². The molecule has 5 heteroatoms. The van der Waals surface area contributed by atoms with Crippen LogP contribution in [0.3, 0.4) is 0 Å². The first-order valence-corrected chi connectivity index (χ1v) is 7.10. The van der Waals surface area contributed by atoms with Crippen molar-refractivity contribution in [1.82, 2.24) is 0 Å². The second-order valence-electron chi connectivity index (χ2n) is 4.94. The lowest BCUT2D eigenvalue weighted by Gasteiger charge is -2.28. The SMILES string of the molecule is O=C(O)C1=C[C@@H](c2ccccc2)C[C@@H](OCCCCO)O1. The highest BCUT2D eigenvalue weighted by molar-refractivity contribution is 5.84. The average molecular weight is 292 g/mol. The Kier molecular flexibility index (Phi) is 5.78. The van der Waals surface area contributed by atoms with Gasteiger partial charge >= 0.3 is 5.97 Å². The molecule has 0 amide bonds. The maximum Gasteiger partial charge on any atom is 0.370 e. The van der Waals surface area contributed by atoms with Crippen molar-refractivity contribution in [1.29, 1.82) is 0 Å². The summed E-state index contributed by atoms with van der Waals surface area (Å²) in [4.78, 5) is 11.2. The van der Waals surface area contributed by atoms with Crippen molar-refractivity contribution >= 4 is 5.97 Å². The summed E-state index contributed by atoms with van der Waals surface area (Å²) in [5.74, 6) is -1.18. The zero-order valence-electron chi connectivity index (χ0n) is 11.8. The number of ether oxygens (including phenoxy) is 2. The van der Waals surface area contributed by atoms with Crippen LogP contribution in [0, 0.1) is 0 Å². The highest BCUT2D eigenvalue weighted by atomic mass is 16.7. The van der Waals surface area contributed by atoms with Gasteiger partial charge in [-0.2, -0.15) is 0 Å². The topological polar surface area (TPSA) is 76.0 Å². The number of allylic oxidation sites excluding steroid dienone is 1. The molecule has 0 saturated carbocycles. The molecule has 2 atom stereocenters. The normalized spacial score (nSPS) is 21.5. The summed E-state index contributed by atoms with van der Waals surface area (Å²) in [6.07, 6.45) is 3.03. The number of aliphatic carboxylic acids is 1. The standard InChI is InChI=1S/C16H20O5/c17-8-4-5-9-20-15-11-13(10-14(21-15)16(18)19)12-6-2-1-3-7-12/h1-3,6-7,10,13,15,17H,4-5,8-9,11H2,(H,18,19)/t13-,15+/m1/s1. The average Bonchev–Trinajstić information content (AvgIpc) is 2.52. The third-order valence-electron chi connectivity index (χ3n) is 3.35. The van der Waals surface area contributed by atoms with Crippen LogP contribution in [0.2, 0.25) is 0 Å². The Morgan fingerprint density at radius 3 is 2.71 bits per heavy atom. The molecule has 0 fully saturated rings. The third-order valence-corrected chi connectivity index (χ3v) is 3.35. The van der Waals surface area contributed by atoms with E-state index in [1.165, 1.54) is 0 Å². The summed E-state index contributed by atoms with van der Waals surface area (Å²) < 4.78 is 10.9. The molecule has 21 heavy (non-hydrogen) atoms. The first-order valence-electron chi connectivity index (χ1n) is 7.10. The van der Waals surface area contributed by atoms with E-state index in [1.807, 2.05) is 30.3 Å². The first-order chi connectivity index (χ1) is 10.2. The van der Waals surface area contributed by atoms with Gasteiger partial charge in [0.25, 0.3) is 0 Å². The Morgan fingerprint density at radius 2 is 2.05 bits per heavy atom. The first kappa shape index (κ1) is 15.5. The number of benzene rings is 1. The van der Waals surface area contributed by atoms with Crippen molar-refractivity contribution in [3.05, 3.63) is 47.7 Å². The molecule has 114 valence electrons. The molecule has 2 N–H and O–H groups in total. The molecule has 5 nitrogen and oxygen atoms in total. The van der Waals surface area contributed by atoms with E-state index in [9.17, 15) is 4.79 Å². The molecule has 2 rings (SSSR count). The predicted octanol–water partition coefficient (Wildman–Crippen LogP) is 2.27. The monoisotopic (exact) mass is 292 g/mol. The van der Waals surface area contributed by atoms with Gasteiger partial charge in [-0.3, -0.25) is 0 Å². The van der Waals surface area contributed by atoms with Gasteiger partial charge in [0, 0.05) is 18.9 Å². The molecule has 0 saturated heterocycles. The Labute approximate surface area is 123 Å². The number of aliphatic hydroxyl groups excluding tert-OH is 1. The summed E-state index contributed by atoms with van der Waals surface area (Å²) in [5, 5.41) is 17.9. The smallest absolute Gasteiger partial charge is 0.370 e. The van der Waals surface area contributed by atoms with E-state index >= 15 is 0 Å². The van der Waals surface area contributed by atoms with Gasteiger partial charge in [0.1, 0.15) is 0 Å². The Balaban J connectivity index is 2.03. The summed E-state index contributed by atoms with van der Waals surface area (Å²) in [6, 6.07) is 9.71. The highest BCUT2D eigenvalue weighted by Gasteiger charge is 2.28. The van der Waals surface area contributed by atoms with Gasteiger partial charge < -0.3 is 19.7 Å². The lowest BCUT2D eigenvalue weighted by molar-refractivity contribution is -0.157. The van der Waals surface area contributed by atoms with Gasteiger partial charge in [-0.05, 0) is 24.5 Å². The molecule has 0 bridgehead atoms. The van der Waals surface area contributed by atoms with Crippen LogP contribution in [-0.4, -0.2) is 35.7 Å². The number of unbranched alkanes of at least 4 members (excludes halogenated alkanes) is 1. The zero-order valence-corrected chi connectivity index (χ0v) is 11.8. The molecule has 0 unspecified atom stereocenters. The lowest BCUT2D eigenvalue weighted by atomic mass is 9.93. The van der Waals surface area contributed by atoms with Gasteiger partial charge in [-0.1, -0.05) is 30.3 Å². The minimum atomic E-state index is -1.08. The van der Waals surface area contributed by atoms with E-state index in [2.05, 4.69) is 0 Å². The van der Waals surface area contributed by atoms with Crippen LogP contribution >= 0.6 is 0 Å². The van der Waals surface area contributed by atoms with Crippen molar-refractivity contribution < 1.29 is 24.5 Å². The van der Waals surface area contributed by atoms with Crippen LogP contribution in [0.25, 0.3) is 0 Å². The van der Waals surface area contributed by atoms with E-state index in [-0.39, 0.29) is 18.3 Å². The molecule has 0 spiro atoms. The minimum Gasteiger partial charge on any atom is -0.475 e. The second-order valence-corrected chi connectivity index (χ2v) is 4.94. The molecule has 1 aromatic rings. The van der Waals surface area contributed by atoms with Crippen LogP contribution in [0.4, 0.5) is 0 Å². The van der Waals surface area contributed by atoms with E-state index in [0.29, 0.717) is 19.4 Å². The number of carboxylic acids is 1. The maximum atomic E-state index is 11.2. The minimum absolute atomic E-state index is 0.0334. The van der Waals surface area contributed by atoms with Gasteiger partial charge in [0.2, 0.25) is 12.0 Å². The number of hydrogen-bond donors (Lipinski definition) is 2. The zero-order chi connectivity index (χ0) is 15.1. The molecular weight excluding hydrogens is 272 g/mol. The summed E-state index contributed by atoms with van der Waals surface area (Å²) in [5.41, 5.74) is 1.04. The molecule has 0 aliphatic carbocycles. The largest absolute Gasteiger partial charge is 0.475 e. The third kappa shape index (κ3) is 4.58.